The van der Waals surface area contributed by atoms with Crippen LogP contribution < -0.4 is 5.73 Å². The van der Waals surface area contributed by atoms with Crippen LogP contribution in [0.1, 0.15) is 0 Å². The normalized spacial score (nSPS) is 13.0. The van der Waals surface area contributed by atoms with Crippen molar-refractivity contribution in [3.05, 3.63) is 27.1 Å². The molecule has 0 aromatic heterocycles. The standard InChI is InChI=1S/C9H11Br2N3O3S/c1-14(5-9(12)13-15)18(16,17)8-4-6(10)2-3-7(8)11/h2-4,15H,5H2,1H3,(H2,12,13). The van der Waals surface area contributed by atoms with Gasteiger partial charge in [0.25, 0.3) is 0 Å². The number of sulfonamides is 1. The highest BCUT2D eigenvalue weighted by molar-refractivity contribution is 9.11. The minimum Gasteiger partial charge on any atom is -0.409 e. The fourth-order valence-corrected chi connectivity index (χ4v) is 3.79. The van der Waals surface area contributed by atoms with E-state index in [9.17, 15) is 8.42 Å². The monoisotopic (exact) mass is 399 g/mol. The van der Waals surface area contributed by atoms with Crippen molar-refractivity contribution in [2.24, 2.45) is 10.9 Å². The van der Waals surface area contributed by atoms with Crippen LogP contribution in [0.15, 0.2) is 37.2 Å². The zero-order valence-corrected chi connectivity index (χ0v) is 13.3. The van der Waals surface area contributed by atoms with Gasteiger partial charge in [-0.3, -0.25) is 0 Å². The quantitative estimate of drug-likeness (QED) is 0.347. The molecule has 3 N–H and O–H groups in total. The van der Waals surface area contributed by atoms with E-state index < -0.39 is 10.0 Å². The number of amidine groups is 1. The van der Waals surface area contributed by atoms with Crippen molar-refractivity contribution in [2.45, 2.75) is 4.90 Å². The van der Waals surface area contributed by atoms with Gasteiger partial charge in [-0.05, 0) is 34.1 Å². The number of hydrogen-bond donors (Lipinski definition) is 2. The molecular formula is C9H11Br2N3O3S. The van der Waals surface area contributed by atoms with Crippen LogP contribution in [-0.2, 0) is 10.0 Å². The maximum Gasteiger partial charge on any atom is 0.244 e. The molecule has 6 nitrogen and oxygen atoms in total. The second kappa shape index (κ2) is 6.00. The lowest BCUT2D eigenvalue weighted by Crippen LogP contribution is -2.35. The molecule has 0 aliphatic heterocycles. The van der Waals surface area contributed by atoms with E-state index in [1.54, 1.807) is 12.1 Å². The summed E-state index contributed by atoms with van der Waals surface area (Å²) in [5.74, 6) is -0.188. The van der Waals surface area contributed by atoms with E-state index >= 15 is 0 Å². The molecule has 0 atom stereocenters. The van der Waals surface area contributed by atoms with Crippen LogP contribution in [0.2, 0.25) is 0 Å². The molecule has 100 valence electrons. The van der Waals surface area contributed by atoms with E-state index in [-0.39, 0.29) is 17.3 Å². The topological polar surface area (TPSA) is 96.0 Å². The lowest BCUT2D eigenvalue weighted by molar-refractivity contribution is 0.315. The van der Waals surface area contributed by atoms with E-state index in [4.69, 9.17) is 10.9 Å². The van der Waals surface area contributed by atoms with E-state index in [0.717, 1.165) is 4.31 Å². The molecule has 0 heterocycles. The summed E-state index contributed by atoms with van der Waals surface area (Å²) in [5.41, 5.74) is 5.29. The first-order valence-corrected chi connectivity index (χ1v) is 7.69. The van der Waals surface area contributed by atoms with Crippen molar-refractivity contribution < 1.29 is 13.6 Å². The molecule has 0 spiro atoms. The second-order valence-corrected chi connectivity index (χ2v) is 7.21. The third kappa shape index (κ3) is 3.44. The Kier molecular flexibility index (Phi) is 5.14. The maximum atomic E-state index is 12.2. The molecular weight excluding hydrogens is 390 g/mol. The van der Waals surface area contributed by atoms with Crippen LogP contribution >= 0.6 is 31.9 Å². The Morgan fingerprint density at radius 1 is 1.50 bits per heavy atom. The van der Waals surface area contributed by atoms with Crippen molar-refractivity contribution in [1.29, 1.82) is 0 Å². The van der Waals surface area contributed by atoms with Gasteiger partial charge in [0.15, 0.2) is 5.84 Å². The van der Waals surface area contributed by atoms with E-state index in [2.05, 4.69) is 37.0 Å². The van der Waals surface area contributed by atoms with Gasteiger partial charge in [0.2, 0.25) is 10.0 Å². The highest BCUT2D eigenvalue weighted by Crippen LogP contribution is 2.27. The Bertz CT molecular complexity index is 574. The van der Waals surface area contributed by atoms with Gasteiger partial charge >= 0.3 is 0 Å². The molecule has 1 rings (SSSR count). The summed E-state index contributed by atoms with van der Waals surface area (Å²) >= 11 is 6.39. The number of halogens is 2. The number of nitrogens with zero attached hydrogens (tertiary/aromatic N) is 2. The fraction of sp³-hybridized carbons (Fsp3) is 0.222. The summed E-state index contributed by atoms with van der Waals surface area (Å²) in [4.78, 5) is 0.102. The predicted octanol–water partition coefficient (Wildman–Crippen LogP) is 1.58. The molecule has 0 bridgehead atoms. The molecule has 0 saturated carbocycles. The third-order valence-electron chi connectivity index (χ3n) is 2.09. The number of likely N-dealkylation sites (N-methyl/N-ethyl adjacent to an activating group) is 1. The van der Waals surface area contributed by atoms with Gasteiger partial charge in [-0.15, -0.1) is 0 Å². The lowest BCUT2D eigenvalue weighted by atomic mass is 10.4. The van der Waals surface area contributed by atoms with Gasteiger partial charge in [-0.2, -0.15) is 4.31 Å². The Hall–Kier alpha value is -0.640. The lowest BCUT2D eigenvalue weighted by Gasteiger charge is -2.17. The van der Waals surface area contributed by atoms with Crippen LogP contribution in [-0.4, -0.2) is 37.4 Å². The van der Waals surface area contributed by atoms with Gasteiger partial charge in [0, 0.05) is 16.0 Å². The Morgan fingerprint density at radius 3 is 2.67 bits per heavy atom. The van der Waals surface area contributed by atoms with Crippen molar-refractivity contribution in [2.75, 3.05) is 13.6 Å². The van der Waals surface area contributed by atoms with Crippen molar-refractivity contribution in [1.82, 2.24) is 4.31 Å². The van der Waals surface area contributed by atoms with Gasteiger partial charge < -0.3 is 10.9 Å². The first-order valence-electron chi connectivity index (χ1n) is 4.67. The summed E-state index contributed by atoms with van der Waals surface area (Å²) in [6, 6.07) is 4.81. The highest BCUT2D eigenvalue weighted by Gasteiger charge is 2.24. The summed E-state index contributed by atoms with van der Waals surface area (Å²) < 4.78 is 26.6. The number of oxime groups is 1. The zero-order chi connectivity index (χ0) is 13.9. The molecule has 0 saturated heterocycles. The van der Waals surface area contributed by atoms with Gasteiger partial charge in [0.05, 0.1) is 11.4 Å². The summed E-state index contributed by atoms with van der Waals surface area (Å²) in [6.07, 6.45) is 0. The van der Waals surface area contributed by atoms with Crippen molar-refractivity contribution in [3.8, 4) is 0 Å². The third-order valence-corrected chi connectivity index (χ3v) is 5.39. The number of rotatable bonds is 4. The minimum absolute atomic E-state index is 0.102. The average Bonchev–Trinajstić information content (AvgIpc) is 2.31. The molecule has 0 aliphatic carbocycles. The summed E-state index contributed by atoms with van der Waals surface area (Å²) in [7, 11) is -2.36. The molecule has 0 fully saturated rings. The van der Waals surface area contributed by atoms with Crippen LogP contribution in [0.25, 0.3) is 0 Å². The van der Waals surface area contributed by atoms with E-state index in [1.165, 1.54) is 13.1 Å². The molecule has 0 radical (unpaired) electrons. The minimum atomic E-state index is -3.71. The SMILES string of the molecule is CN(CC(N)=NO)S(=O)(=O)c1cc(Br)ccc1Br. The smallest absolute Gasteiger partial charge is 0.244 e. The number of nitrogens with two attached hydrogens (primary N) is 1. The molecule has 1 aromatic carbocycles. The van der Waals surface area contributed by atoms with E-state index in [1.807, 2.05) is 0 Å². The van der Waals surface area contributed by atoms with Crippen LogP contribution in [0.3, 0.4) is 0 Å². The number of benzene rings is 1. The van der Waals surface area contributed by atoms with Gasteiger partial charge in [-0.25, -0.2) is 8.42 Å². The van der Waals surface area contributed by atoms with Crippen molar-refractivity contribution in [3.63, 3.8) is 0 Å². The fourth-order valence-electron chi connectivity index (χ4n) is 1.19. The summed E-state index contributed by atoms with van der Waals surface area (Å²) in [6.45, 7) is -0.197. The largest absolute Gasteiger partial charge is 0.409 e. The van der Waals surface area contributed by atoms with Crippen LogP contribution in [0.5, 0.6) is 0 Å². The first kappa shape index (κ1) is 15.4. The first-order chi connectivity index (χ1) is 8.28. The molecule has 1 aromatic rings. The highest BCUT2D eigenvalue weighted by atomic mass is 79.9. The van der Waals surface area contributed by atoms with Crippen LogP contribution in [0.4, 0.5) is 0 Å². The Labute approximate surface area is 122 Å². The molecule has 0 aliphatic rings. The van der Waals surface area contributed by atoms with Gasteiger partial charge in [-0.1, -0.05) is 21.1 Å². The number of hydrogen-bond acceptors (Lipinski definition) is 4. The summed E-state index contributed by atoms with van der Waals surface area (Å²) in [5, 5.41) is 11.2. The predicted molar refractivity (Wildman–Crippen MR) is 75.1 cm³/mol. The second-order valence-electron chi connectivity index (χ2n) is 3.43. The Morgan fingerprint density at radius 2 is 2.11 bits per heavy atom. The van der Waals surface area contributed by atoms with Gasteiger partial charge in [0.1, 0.15) is 0 Å². The molecule has 18 heavy (non-hydrogen) atoms. The van der Waals surface area contributed by atoms with E-state index in [0.29, 0.717) is 8.95 Å². The Balaban J connectivity index is 3.17. The zero-order valence-electron chi connectivity index (χ0n) is 9.34. The molecule has 0 amide bonds. The van der Waals surface area contributed by atoms with Crippen LogP contribution in [0, 0.1) is 0 Å². The maximum absolute atomic E-state index is 12.2. The molecule has 0 unspecified atom stereocenters. The van der Waals surface area contributed by atoms with Crippen molar-refractivity contribution >= 4 is 47.7 Å². The average molecular weight is 401 g/mol. The molecule has 9 heteroatoms.